The van der Waals surface area contributed by atoms with Crippen molar-refractivity contribution in [2.24, 2.45) is 5.41 Å². The number of nitrogens with one attached hydrogen (secondary N) is 2. The lowest BCUT2D eigenvalue weighted by atomic mass is 9.82. The summed E-state index contributed by atoms with van der Waals surface area (Å²) in [6, 6.07) is 5.82. The van der Waals surface area contributed by atoms with Crippen molar-refractivity contribution in [2.75, 3.05) is 0 Å². The van der Waals surface area contributed by atoms with Gasteiger partial charge in [0.25, 0.3) is 0 Å². The maximum Gasteiger partial charge on any atom is 0.314 e. The summed E-state index contributed by atoms with van der Waals surface area (Å²) in [5.41, 5.74) is 1.53. The predicted octanol–water partition coefficient (Wildman–Crippen LogP) is 3.23. The van der Waals surface area contributed by atoms with Crippen molar-refractivity contribution in [3.05, 3.63) is 44.5 Å². The quantitative estimate of drug-likeness (QED) is 0.653. The van der Waals surface area contributed by atoms with Gasteiger partial charge in [0.05, 0.1) is 11.0 Å². The SMILES string of the molecule is CC1(C(Br)c2ccc3[nH]c(=O)c(=O)[nH]c3c2)CCCC1. The minimum atomic E-state index is -0.608. The summed E-state index contributed by atoms with van der Waals surface area (Å²) in [6.45, 7) is 2.30. The summed E-state index contributed by atoms with van der Waals surface area (Å²) in [6.07, 6.45) is 4.97. The average molecular weight is 337 g/mol. The number of halogens is 1. The highest BCUT2D eigenvalue weighted by Crippen LogP contribution is 2.51. The standard InChI is InChI=1S/C15H17BrN2O2/c1-15(6-2-3-7-15)12(16)9-4-5-10-11(8-9)18-14(20)13(19)17-10/h4-5,8,12H,2-3,6-7H2,1H3,(H,17,19)(H,18,20). The van der Waals surface area contributed by atoms with Crippen LogP contribution in [0.1, 0.15) is 43.0 Å². The van der Waals surface area contributed by atoms with Gasteiger partial charge >= 0.3 is 11.1 Å². The molecule has 106 valence electrons. The van der Waals surface area contributed by atoms with E-state index in [1.165, 1.54) is 25.7 Å². The molecule has 1 fully saturated rings. The van der Waals surface area contributed by atoms with E-state index in [1.54, 1.807) is 0 Å². The highest BCUT2D eigenvalue weighted by atomic mass is 79.9. The van der Waals surface area contributed by atoms with Crippen LogP contribution in [0.25, 0.3) is 11.0 Å². The number of benzene rings is 1. The highest BCUT2D eigenvalue weighted by Gasteiger charge is 2.36. The lowest BCUT2D eigenvalue weighted by molar-refractivity contribution is 0.331. The number of aromatic amines is 2. The fourth-order valence-corrected chi connectivity index (χ4v) is 3.87. The molecule has 5 heteroatoms. The van der Waals surface area contributed by atoms with E-state index in [2.05, 4.69) is 32.8 Å². The summed E-state index contributed by atoms with van der Waals surface area (Å²) in [7, 11) is 0. The van der Waals surface area contributed by atoms with Crippen LogP contribution >= 0.6 is 15.9 Å². The first kappa shape index (κ1) is 13.6. The molecule has 20 heavy (non-hydrogen) atoms. The second-order valence-corrected chi connectivity index (χ2v) is 6.85. The molecule has 3 rings (SSSR count). The zero-order valence-electron chi connectivity index (χ0n) is 11.3. The first-order valence-corrected chi connectivity index (χ1v) is 7.81. The maximum atomic E-state index is 11.4. The molecule has 1 heterocycles. The highest BCUT2D eigenvalue weighted by molar-refractivity contribution is 9.09. The Morgan fingerprint density at radius 2 is 1.70 bits per heavy atom. The molecule has 2 N–H and O–H groups in total. The van der Waals surface area contributed by atoms with Crippen LogP contribution in [0.2, 0.25) is 0 Å². The summed E-state index contributed by atoms with van der Waals surface area (Å²) < 4.78 is 0. The number of hydrogen-bond acceptors (Lipinski definition) is 2. The average Bonchev–Trinajstić information content (AvgIpc) is 2.87. The van der Waals surface area contributed by atoms with Crippen molar-refractivity contribution < 1.29 is 0 Å². The number of H-pyrrole nitrogens is 2. The largest absolute Gasteiger partial charge is 0.316 e. The molecule has 1 saturated carbocycles. The van der Waals surface area contributed by atoms with Gasteiger partial charge in [0.2, 0.25) is 0 Å². The topological polar surface area (TPSA) is 65.7 Å². The van der Waals surface area contributed by atoms with Crippen molar-refractivity contribution in [1.82, 2.24) is 9.97 Å². The van der Waals surface area contributed by atoms with E-state index < -0.39 is 11.1 Å². The van der Waals surface area contributed by atoms with Crippen molar-refractivity contribution in [3.8, 4) is 0 Å². The molecule has 0 saturated heterocycles. The van der Waals surface area contributed by atoms with Crippen LogP contribution in [0.15, 0.2) is 27.8 Å². The van der Waals surface area contributed by atoms with Gasteiger partial charge in [-0.2, -0.15) is 0 Å². The molecule has 4 nitrogen and oxygen atoms in total. The van der Waals surface area contributed by atoms with E-state index in [0.29, 0.717) is 11.0 Å². The van der Waals surface area contributed by atoms with Crippen LogP contribution in [0.5, 0.6) is 0 Å². The lowest BCUT2D eigenvalue weighted by Crippen LogP contribution is -2.29. The Balaban J connectivity index is 2.06. The van der Waals surface area contributed by atoms with Gasteiger partial charge in [0, 0.05) is 4.83 Å². The lowest BCUT2D eigenvalue weighted by Gasteiger charge is -2.30. The van der Waals surface area contributed by atoms with Crippen LogP contribution in [-0.4, -0.2) is 9.97 Å². The second-order valence-electron chi connectivity index (χ2n) is 5.94. The van der Waals surface area contributed by atoms with Crippen LogP contribution in [-0.2, 0) is 0 Å². The van der Waals surface area contributed by atoms with Gasteiger partial charge in [0.15, 0.2) is 0 Å². The molecule has 0 amide bonds. The van der Waals surface area contributed by atoms with E-state index in [-0.39, 0.29) is 10.2 Å². The summed E-state index contributed by atoms with van der Waals surface area (Å²) in [5, 5.41) is 0. The summed E-state index contributed by atoms with van der Waals surface area (Å²) in [5.74, 6) is 0. The molecule has 1 aliphatic carbocycles. The number of fused-ring (bicyclic) bond motifs is 1. The molecular weight excluding hydrogens is 320 g/mol. The number of rotatable bonds is 2. The van der Waals surface area contributed by atoms with Gasteiger partial charge in [0.1, 0.15) is 0 Å². The Morgan fingerprint density at radius 1 is 1.10 bits per heavy atom. The van der Waals surface area contributed by atoms with Crippen LogP contribution < -0.4 is 11.1 Å². The van der Waals surface area contributed by atoms with Gasteiger partial charge in [-0.05, 0) is 36.0 Å². The van der Waals surface area contributed by atoms with Crippen molar-refractivity contribution in [3.63, 3.8) is 0 Å². The van der Waals surface area contributed by atoms with E-state index in [1.807, 2.05) is 18.2 Å². The Bertz CT molecular complexity index is 756. The molecule has 0 spiro atoms. The van der Waals surface area contributed by atoms with Crippen LogP contribution in [0.4, 0.5) is 0 Å². The molecule has 1 aliphatic rings. The third-order valence-corrected chi connectivity index (χ3v) is 6.03. The minimum absolute atomic E-state index is 0.260. The first-order chi connectivity index (χ1) is 9.49. The van der Waals surface area contributed by atoms with Gasteiger partial charge in [-0.25, -0.2) is 0 Å². The van der Waals surface area contributed by atoms with Crippen LogP contribution in [0.3, 0.4) is 0 Å². The predicted molar refractivity (Wildman–Crippen MR) is 83.4 cm³/mol. The third-order valence-electron chi connectivity index (χ3n) is 4.40. The van der Waals surface area contributed by atoms with Crippen LogP contribution in [0, 0.1) is 5.41 Å². The van der Waals surface area contributed by atoms with Gasteiger partial charge in [-0.15, -0.1) is 0 Å². The number of alkyl halides is 1. The Labute approximate surface area is 124 Å². The zero-order chi connectivity index (χ0) is 14.3. The molecule has 0 aliphatic heterocycles. The fourth-order valence-electron chi connectivity index (χ4n) is 3.13. The Morgan fingerprint density at radius 3 is 2.35 bits per heavy atom. The Hall–Kier alpha value is -1.36. The van der Waals surface area contributed by atoms with E-state index in [9.17, 15) is 9.59 Å². The normalized spacial score (nSPS) is 19.3. The summed E-state index contributed by atoms with van der Waals surface area (Å²) in [4.78, 5) is 28.2. The molecule has 1 unspecified atom stereocenters. The molecule has 1 aromatic carbocycles. The molecule has 1 atom stereocenters. The number of aromatic nitrogens is 2. The van der Waals surface area contributed by atoms with E-state index in [0.717, 1.165) is 5.56 Å². The van der Waals surface area contributed by atoms with Crippen molar-refractivity contribution in [1.29, 1.82) is 0 Å². The van der Waals surface area contributed by atoms with E-state index in [4.69, 9.17) is 0 Å². The molecule has 1 aromatic heterocycles. The second kappa shape index (κ2) is 4.88. The third kappa shape index (κ3) is 2.24. The molecule has 0 radical (unpaired) electrons. The van der Waals surface area contributed by atoms with Gasteiger partial charge in [-0.1, -0.05) is 41.8 Å². The summed E-state index contributed by atoms with van der Waals surface area (Å²) >= 11 is 3.82. The van der Waals surface area contributed by atoms with Crippen molar-refractivity contribution >= 4 is 27.0 Å². The smallest absolute Gasteiger partial charge is 0.314 e. The van der Waals surface area contributed by atoms with E-state index >= 15 is 0 Å². The number of hydrogen-bond donors (Lipinski definition) is 2. The molecular formula is C15H17BrN2O2. The monoisotopic (exact) mass is 336 g/mol. The Kier molecular flexibility index (Phi) is 3.32. The zero-order valence-corrected chi connectivity index (χ0v) is 12.9. The minimum Gasteiger partial charge on any atom is -0.316 e. The van der Waals surface area contributed by atoms with Gasteiger partial charge in [-0.3, -0.25) is 9.59 Å². The molecule has 2 aromatic rings. The fraction of sp³-hybridized carbons (Fsp3) is 0.467. The van der Waals surface area contributed by atoms with Gasteiger partial charge < -0.3 is 9.97 Å². The maximum absolute atomic E-state index is 11.4. The van der Waals surface area contributed by atoms with Crippen molar-refractivity contribution in [2.45, 2.75) is 37.4 Å². The molecule has 0 bridgehead atoms. The first-order valence-electron chi connectivity index (χ1n) is 6.90.